The average Bonchev–Trinajstić information content (AvgIpc) is 3.20. The second-order valence-electron chi connectivity index (χ2n) is 9.15. The lowest BCUT2D eigenvalue weighted by atomic mass is 9.77. The van der Waals surface area contributed by atoms with Gasteiger partial charge < -0.3 is 29.0 Å². The molecule has 1 radical (unpaired) electrons. The van der Waals surface area contributed by atoms with Gasteiger partial charge in [-0.2, -0.15) is 0 Å². The molecule has 0 aliphatic carbocycles. The number of halogens is 2. The Kier molecular flexibility index (Phi) is 7.08. The van der Waals surface area contributed by atoms with Crippen molar-refractivity contribution in [2.24, 2.45) is 0 Å². The van der Waals surface area contributed by atoms with Gasteiger partial charge in [0.05, 0.1) is 16.7 Å². The maximum atomic E-state index is 15.5. The molecular weight excluding hydrogens is 544 g/mol. The van der Waals surface area contributed by atoms with E-state index >= 15 is 4.39 Å². The van der Waals surface area contributed by atoms with Gasteiger partial charge in [-0.3, -0.25) is 14.4 Å². The number of carbonyl (C=O) groups is 4. The van der Waals surface area contributed by atoms with Crippen molar-refractivity contribution >= 4 is 23.8 Å². The molecule has 3 aromatic rings. The Morgan fingerprint density at radius 3 is 2.39 bits per heavy atom. The van der Waals surface area contributed by atoms with E-state index in [1.165, 1.54) is 24.3 Å². The third-order valence-corrected chi connectivity index (χ3v) is 6.30. The van der Waals surface area contributed by atoms with Gasteiger partial charge in [0.2, 0.25) is 0 Å². The zero-order chi connectivity index (χ0) is 29.5. The number of benzene rings is 3. The lowest BCUT2D eigenvalue weighted by Crippen LogP contribution is -2.34. The molecule has 3 aromatic carbocycles. The minimum atomic E-state index is -1.91. The van der Waals surface area contributed by atoms with Crippen molar-refractivity contribution in [1.82, 2.24) is 5.32 Å². The number of hydrogen-bond acceptors (Lipinski definition) is 9. The van der Waals surface area contributed by atoms with E-state index < -0.39 is 53.3 Å². The monoisotopic (exact) mass is 566 g/mol. The highest BCUT2D eigenvalue weighted by atomic mass is 19.1. The fourth-order valence-electron chi connectivity index (χ4n) is 4.66. The fraction of sp³-hybridized carbons (Fsp3) is 0.241. The number of nitrogens with one attached hydrogen (secondary N) is 1. The summed E-state index contributed by atoms with van der Waals surface area (Å²) >= 11 is 0. The summed E-state index contributed by atoms with van der Waals surface area (Å²) in [4.78, 5) is 48.6. The number of hydrogen-bond donors (Lipinski definition) is 1. The van der Waals surface area contributed by atoms with Gasteiger partial charge in [-0.1, -0.05) is 13.0 Å². The number of ether oxygens (including phenoxy) is 5. The zero-order valence-corrected chi connectivity index (χ0v) is 22.0. The van der Waals surface area contributed by atoms with Crippen molar-refractivity contribution < 1.29 is 51.6 Å². The van der Waals surface area contributed by atoms with Crippen LogP contribution in [0, 0.1) is 17.7 Å². The van der Waals surface area contributed by atoms with Crippen molar-refractivity contribution in [3.05, 3.63) is 88.0 Å². The first kappa shape index (κ1) is 27.6. The highest BCUT2D eigenvalue weighted by Gasteiger charge is 2.54. The van der Waals surface area contributed by atoms with Crippen LogP contribution in [0.2, 0.25) is 0 Å². The molecule has 10 nitrogen and oxygen atoms in total. The van der Waals surface area contributed by atoms with Crippen LogP contribution in [0.5, 0.6) is 17.2 Å². The summed E-state index contributed by atoms with van der Waals surface area (Å²) < 4.78 is 56.7. The van der Waals surface area contributed by atoms with Crippen LogP contribution in [0.4, 0.5) is 8.78 Å². The minimum absolute atomic E-state index is 0.0201. The molecule has 5 rings (SSSR count). The molecule has 1 unspecified atom stereocenters. The average molecular weight is 566 g/mol. The third-order valence-electron chi connectivity index (χ3n) is 6.30. The van der Waals surface area contributed by atoms with Gasteiger partial charge in [0.1, 0.15) is 17.3 Å². The van der Waals surface area contributed by atoms with Crippen molar-refractivity contribution in [1.29, 1.82) is 0 Å². The first-order valence-electron chi connectivity index (χ1n) is 12.4. The predicted octanol–water partition coefficient (Wildman–Crippen LogP) is 4.26. The molecule has 211 valence electrons. The van der Waals surface area contributed by atoms with Crippen molar-refractivity contribution in [3.63, 3.8) is 0 Å². The summed E-state index contributed by atoms with van der Waals surface area (Å²) in [5, 5.41) is 2.73. The zero-order valence-electron chi connectivity index (χ0n) is 22.0. The van der Waals surface area contributed by atoms with Crippen LogP contribution in [0.3, 0.4) is 0 Å². The van der Waals surface area contributed by atoms with Crippen molar-refractivity contribution in [2.75, 3.05) is 6.54 Å². The van der Waals surface area contributed by atoms with Gasteiger partial charge in [0, 0.05) is 43.7 Å². The molecule has 1 spiro atoms. The van der Waals surface area contributed by atoms with Crippen molar-refractivity contribution in [3.8, 4) is 17.2 Å². The molecule has 41 heavy (non-hydrogen) atoms. The molecule has 0 bridgehead atoms. The first-order valence-corrected chi connectivity index (χ1v) is 12.4. The van der Waals surface area contributed by atoms with Gasteiger partial charge in [0.15, 0.2) is 17.2 Å². The molecule has 1 atom stereocenters. The number of rotatable bonds is 7. The Morgan fingerprint density at radius 2 is 1.71 bits per heavy atom. The van der Waals surface area contributed by atoms with Crippen LogP contribution in [-0.2, 0) is 29.4 Å². The smallest absolute Gasteiger partial charge is 0.410 e. The molecule has 2 aliphatic rings. The molecular formula is C29H22F2NO9. The van der Waals surface area contributed by atoms with E-state index in [9.17, 15) is 23.6 Å². The summed E-state index contributed by atoms with van der Waals surface area (Å²) in [6.45, 7) is 2.48. The highest BCUT2D eigenvalue weighted by molar-refractivity contribution is 6.01. The van der Waals surface area contributed by atoms with Crippen LogP contribution < -0.4 is 14.8 Å². The number of carbonyl (C=O) groups excluding carboxylic acids is 4. The van der Waals surface area contributed by atoms with Crippen LogP contribution in [0.25, 0.3) is 0 Å². The predicted molar refractivity (Wildman–Crippen MR) is 134 cm³/mol. The summed E-state index contributed by atoms with van der Waals surface area (Å²) in [5.74, 6) is -5.36. The van der Waals surface area contributed by atoms with E-state index in [1.54, 1.807) is 0 Å². The summed E-state index contributed by atoms with van der Waals surface area (Å²) in [7, 11) is 0. The fourth-order valence-corrected chi connectivity index (χ4v) is 4.66. The molecule has 2 aliphatic heterocycles. The molecule has 1 N–H and O–H groups in total. The quantitative estimate of drug-likeness (QED) is 0.330. The number of amides is 1. The molecule has 0 fully saturated rings. The maximum absolute atomic E-state index is 15.5. The summed E-state index contributed by atoms with van der Waals surface area (Å²) in [5.41, 5.74) is -1.39. The first-order chi connectivity index (χ1) is 19.5. The molecule has 2 heterocycles. The van der Waals surface area contributed by atoms with Gasteiger partial charge in [-0.25, -0.2) is 13.6 Å². The largest absolute Gasteiger partial charge is 0.456 e. The Hall–Kier alpha value is -5.00. The topological polar surface area (TPSA) is 126 Å². The molecule has 0 saturated heterocycles. The second-order valence-corrected chi connectivity index (χ2v) is 9.15. The second kappa shape index (κ2) is 10.5. The van der Waals surface area contributed by atoms with E-state index in [1.807, 2.05) is 6.92 Å². The molecule has 12 heteroatoms. The van der Waals surface area contributed by atoms with E-state index in [4.69, 9.17) is 23.7 Å². The van der Waals surface area contributed by atoms with Gasteiger partial charge in [-0.05, 0) is 36.8 Å². The van der Waals surface area contributed by atoms with E-state index in [0.717, 1.165) is 32.0 Å². The maximum Gasteiger partial charge on any atom is 0.410 e. The Balaban J connectivity index is 1.65. The lowest BCUT2D eigenvalue weighted by molar-refractivity contribution is -0.233. The molecule has 0 aromatic heterocycles. The Labute approximate surface area is 232 Å². The van der Waals surface area contributed by atoms with Gasteiger partial charge in [-0.15, -0.1) is 0 Å². The lowest BCUT2D eigenvalue weighted by Gasteiger charge is -2.36. The van der Waals surface area contributed by atoms with Crippen LogP contribution in [0.1, 0.15) is 64.6 Å². The van der Waals surface area contributed by atoms with Crippen LogP contribution in [-0.4, -0.2) is 36.8 Å². The third kappa shape index (κ3) is 4.92. The highest BCUT2D eigenvalue weighted by Crippen LogP contribution is 2.57. The Morgan fingerprint density at radius 1 is 1.00 bits per heavy atom. The summed E-state index contributed by atoms with van der Waals surface area (Å²) in [6.07, 6.45) is 0.706. The summed E-state index contributed by atoms with van der Waals surface area (Å²) in [6, 6.07) is 11.0. The van der Waals surface area contributed by atoms with Crippen LogP contribution in [0.15, 0.2) is 42.5 Å². The molecule has 1 amide bonds. The Bertz CT molecular complexity index is 1590. The van der Waals surface area contributed by atoms with Crippen molar-refractivity contribution in [2.45, 2.75) is 39.3 Å². The van der Waals surface area contributed by atoms with E-state index in [-0.39, 0.29) is 39.3 Å². The van der Waals surface area contributed by atoms with Gasteiger partial charge in [0.25, 0.3) is 5.91 Å². The van der Waals surface area contributed by atoms with Crippen LogP contribution >= 0.6 is 0 Å². The SMILES string of the molecule is CCCNC(=O)c1ccc2c(c1)C(=O)OC21c2cc(F)[c]cc2Oc2cc(OC(OC(C)=O)OC(C)=O)c(F)cc21. The van der Waals surface area contributed by atoms with Gasteiger partial charge >= 0.3 is 24.4 Å². The van der Waals surface area contributed by atoms with E-state index in [2.05, 4.69) is 11.4 Å². The molecule has 0 saturated carbocycles. The standard InChI is InChI=1S/C29H22F2NO9/c1-4-9-32-26(35)16-5-7-19-18(10-16)27(36)41-29(19)20-11-17(30)6-8-23(20)39-24-13-25(22(31)12-21(24)29)40-28(37-14(2)33)38-15(3)34/h5,7-8,10-13,28H,4,9H2,1-3H3,(H,32,35). The normalized spacial score (nSPS) is 16.2. The number of esters is 3. The minimum Gasteiger partial charge on any atom is -0.456 e. The van der Waals surface area contributed by atoms with E-state index in [0.29, 0.717) is 13.0 Å². The number of fused-ring (bicyclic) bond motifs is 6.